The van der Waals surface area contributed by atoms with Crippen LogP contribution in [0.5, 0.6) is 0 Å². The molecule has 110 valence electrons. The van der Waals surface area contributed by atoms with Crippen molar-refractivity contribution in [3.05, 3.63) is 0 Å². The summed E-state index contributed by atoms with van der Waals surface area (Å²) < 4.78 is 29.3. The predicted molar refractivity (Wildman–Crippen MR) is 68.1 cm³/mol. The Kier molecular flexibility index (Phi) is 3.17. The molecule has 3 rings (SSSR count). The van der Waals surface area contributed by atoms with Gasteiger partial charge in [0.25, 0.3) is 0 Å². The summed E-state index contributed by atoms with van der Waals surface area (Å²) in [6.45, 7) is 7.54. The van der Waals surface area contributed by atoms with Crippen LogP contribution in [0.25, 0.3) is 0 Å². The van der Waals surface area contributed by atoms with Crippen LogP contribution in [-0.4, -0.2) is 54.6 Å². The summed E-state index contributed by atoms with van der Waals surface area (Å²) in [6.07, 6.45) is -1.20. The third-order valence-corrected chi connectivity index (χ3v) is 4.37. The minimum Gasteiger partial charge on any atom is -0.377 e. The van der Waals surface area contributed by atoms with Gasteiger partial charge >= 0.3 is 0 Å². The zero-order chi connectivity index (χ0) is 14.0. The van der Waals surface area contributed by atoms with E-state index in [0.717, 1.165) is 0 Å². The Morgan fingerprint density at radius 3 is 1.74 bits per heavy atom. The fourth-order valence-electron chi connectivity index (χ4n) is 3.28. The summed E-state index contributed by atoms with van der Waals surface area (Å²) in [5.74, 6) is -1.32. The fourth-order valence-corrected chi connectivity index (χ4v) is 3.72. The Bertz CT molecular complexity index is 372. The summed E-state index contributed by atoms with van der Waals surface area (Å²) in [5, 5.41) is -0.324. The molecule has 2 saturated heterocycles. The van der Waals surface area contributed by atoms with E-state index in [4.69, 9.17) is 35.3 Å². The van der Waals surface area contributed by atoms with Crippen LogP contribution in [0.4, 0.5) is 0 Å². The van der Waals surface area contributed by atoms with Crippen LogP contribution in [0.1, 0.15) is 27.7 Å². The standard InChI is InChI=1S/C13H21ClO5/c1-12(2)16-8-6(14)7(15-5)9-11(10(8)18-12)19-13(3,4)17-9/h6-11H,1-5H3/t6-,7-,8-,9+,10-,11-/m1/s1. The SMILES string of the molecule is CO[C@@H]1[C@@H](Cl)[C@H]2OC(C)(C)O[C@H]2[C@@H]2OC(C)(C)O[C@H]21. The van der Waals surface area contributed by atoms with E-state index < -0.39 is 11.6 Å². The molecule has 0 radical (unpaired) electrons. The first-order valence-electron chi connectivity index (χ1n) is 6.62. The third-order valence-electron chi connectivity index (χ3n) is 3.87. The molecule has 3 fully saturated rings. The van der Waals surface area contributed by atoms with E-state index >= 15 is 0 Å². The number of hydrogen-bond acceptors (Lipinski definition) is 5. The van der Waals surface area contributed by atoms with E-state index in [-0.39, 0.29) is 35.9 Å². The molecule has 2 aliphatic heterocycles. The van der Waals surface area contributed by atoms with Gasteiger partial charge in [-0.3, -0.25) is 0 Å². The van der Waals surface area contributed by atoms with E-state index in [2.05, 4.69) is 0 Å². The molecule has 0 aromatic rings. The molecule has 0 amide bonds. The molecule has 5 nitrogen and oxygen atoms in total. The molecule has 0 aromatic carbocycles. The lowest BCUT2D eigenvalue weighted by Crippen LogP contribution is -2.60. The summed E-state index contributed by atoms with van der Waals surface area (Å²) in [5.41, 5.74) is 0. The summed E-state index contributed by atoms with van der Waals surface area (Å²) in [6, 6.07) is 0. The van der Waals surface area contributed by atoms with Crippen molar-refractivity contribution in [1.29, 1.82) is 0 Å². The first-order valence-corrected chi connectivity index (χ1v) is 7.06. The van der Waals surface area contributed by atoms with Crippen LogP contribution >= 0.6 is 11.6 Å². The highest BCUT2D eigenvalue weighted by Crippen LogP contribution is 2.46. The Balaban J connectivity index is 1.93. The van der Waals surface area contributed by atoms with Gasteiger partial charge in [0.2, 0.25) is 0 Å². The Morgan fingerprint density at radius 1 is 0.789 bits per heavy atom. The lowest BCUT2D eigenvalue weighted by atomic mass is 9.87. The zero-order valence-corrected chi connectivity index (χ0v) is 12.6. The highest BCUT2D eigenvalue weighted by molar-refractivity contribution is 6.21. The van der Waals surface area contributed by atoms with Crippen LogP contribution in [0, 0.1) is 0 Å². The van der Waals surface area contributed by atoms with Crippen molar-refractivity contribution in [2.75, 3.05) is 7.11 Å². The monoisotopic (exact) mass is 292 g/mol. The number of halogens is 1. The van der Waals surface area contributed by atoms with Gasteiger partial charge in [-0.15, -0.1) is 11.6 Å². The van der Waals surface area contributed by atoms with Gasteiger partial charge in [-0.05, 0) is 27.7 Å². The molecule has 0 aromatic heterocycles. The zero-order valence-electron chi connectivity index (χ0n) is 11.9. The van der Waals surface area contributed by atoms with Crippen molar-refractivity contribution in [2.24, 2.45) is 0 Å². The molecule has 0 spiro atoms. The molecular formula is C13H21ClO5. The van der Waals surface area contributed by atoms with Crippen LogP contribution in [-0.2, 0) is 23.7 Å². The van der Waals surface area contributed by atoms with Gasteiger partial charge in [0.1, 0.15) is 30.5 Å². The quantitative estimate of drug-likeness (QED) is 0.688. The van der Waals surface area contributed by atoms with Gasteiger partial charge in [0, 0.05) is 7.11 Å². The van der Waals surface area contributed by atoms with Crippen molar-refractivity contribution in [2.45, 2.75) is 75.2 Å². The van der Waals surface area contributed by atoms with Gasteiger partial charge in [-0.25, -0.2) is 0 Å². The molecule has 2 heterocycles. The maximum absolute atomic E-state index is 6.51. The van der Waals surface area contributed by atoms with Gasteiger partial charge in [0.15, 0.2) is 11.6 Å². The van der Waals surface area contributed by atoms with Crippen molar-refractivity contribution < 1.29 is 23.7 Å². The van der Waals surface area contributed by atoms with Crippen LogP contribution in [0.2, 0.25) is 0 Å². The van der Waals surface area contributed by atoms with Gasteiger partial charge in [-0.2, -0.15) is 0 Å². The first kappa shape index (κ1) is 14.0. The van der Waals surface area contributed by atoms with E-state index in [0.29, 0.717) is 0 Å². The van der Waals surface area contributed by atoms with Gasteiger partial charge in [0.05, 0.1) is 5.38 Å². The van der Waals surface area contributed by atoms with E-state index in [9.17, 15) is 0 Å². The summed E-state index contributed by atoms with van der Waals surface area (Å²) in [7, 11) is 1.63. The Morgan fingerprint density at radius 2 is 1.21 bits per heavy atom. The van der Waals surface area contributed by atoms with Crippen LogP contribution in [0.15, 0.2) is 0 Å². The van der Waals surface area contributed by atoms with Crippen molar-refractivity contribution in [1.82, 2.24) is 0 Å². The lowest BCUT2D eigenvalue weighted by Gasteiger charge is -2.39. The first-order chi connectivity index (χ1) is 8.74. The summed E-state index contributed by atoms with van der Waals surface area (Å²) in [4.78, 5) is 0. The van der Waals surface area contributed by atoms with Crippen LogP contribution in [0.3, 0.4) is 0 Å². The number of methoxy groups -OCH3 is 1. The number of ether oxygens (including phenoxy) is 5. The largest absolute Gasteiger partial charge is 0.377 e. The molecule has 1 saturated carbocycles. The van der Waals surface area contributed by atoms with Crippen molar-refractivity contribution in [3.63, 3.8) is 0 Å². The summed E-state index contributed by atoms with van der Waals surface area (Å²) >= 11 is 6.51. The molecule has 1 aliphatic carbocycles. The average molecular weight is 293 g/mol. The molecule has 0 unspecified atom stereocenters. The number of fused-ring (bicyclic) bond motifs is 3. The second kappa shape index (κ2) is 4.29. The third kappa shape index (κ3) is 2.20. The van der Waals surface area contributed by atoms with Crippen molar-refractivity contribution in [3.8, 4) is 0 Å². The predicted octanol–water partition coefficient (Wildman–Crippen LogP) is 1.66. The normalized spacial score (nSPS) is 50.8. The van der Waals surface area contributed by atoms with E-state index in [1.807, 2.05) is 27.7 Å². The Hall–Kier alpha value is 0.0900. The van der Waals surface area contributed by atoms with E-state index in [1.165, 1.54) is 0 Å². The molecule has 19 heavy (non-hydrogen) atoms. The molecule has 0 N–H and O–H groups in total. The highest BCUT2D eigenvalue weighted by Gasteiger charge is 2.63. The molecule has 6 atom stereocenters. The maximum Gasteiger partial charge on any atom is 0.164 e. The lowest BCUT2D eigenvalue weighted by molar-refractivity contribution is -0.177. The Labute approximate surface area is 118 Å². The van der Waals surface area contributed by atoms with E-state index in [1.54, 1.807) is 7.11 Å². The number of hydrogen-bond donors (Lipinski definition) is 0. The second-order valence-electron chi connectivity index (χ2n) is 6.27. The molecular weight excluding hydrogens is 272 g/mol. The smallest absolute Gasteiger partial charge is 0.164 e. The van der Waals surface area contributed by atoms with Gasteiger partial charge in [-0.1, -0.05) is 0 Å². The van der Waals surface area contributed by atoms with Gasteiger partial charge < -0.3 is 23.7 Å². The van der Waals surface area contributed by atoms with Crippen LogP contribution < -0.4 is 0 Å². The fraction of sp³-hybridized carbons (Fsp3) is 1.00. The minimum absolute atomic E-state index is 0.221. The minimum atomic E-state index is -0.661. The number of rotatable bonds is 1. The molecule has 0 bridgehead atoms. The second-order valence-corrected chi connectivity index (χ2v) is 6.78. The highest BCUT2D eigenvalue weighted by atomic mass is 35.5. The number of alkyl halides is 1. The maximum atomic E-state index is 6.51. The average Bonchev–Trinajstić information content (AvgIpc) is 2.75. The van der Waals surface area contributed by atoms with Crippen molar-refractivity contribution >= 4 is 11.6 Å². The molecule has 3 aliphatic rings. The topological polar surface area (TPSA) is 46.2 Å². The molecule has 6 heteroatoms.